The van der Waals surface area contributed by atoms with Gasteiger partial charge in [0.2, 0.25) is 0 Å². The lowest BCUT2D eigenvalue weighted by Gasteiger charge is -2.08. The van der Waals surface area contributed by atoms with Gasteiger partial charge >= 0.3 is 0 Å². The molecule has 0 aliphatic heterocycles. The molecule has 0 aliphatic rings. The largest absolute Gasteiger partial charge is 0.472 e. The second-order valence-electron chi connectivity index (χ2n) is 3.46. The summed E-state index contributed by atoms with van der Waals surface area (Å²) in [6, 6.07) is 7.52. The van der Waals surface area contributed by atoms with Crippen LogP contribution >= 0.6 is 0 Å². The molecule has 0 saturated heterocycles. The fourth-order valence-electron chi connectivity index (χ4n) is 1.53. The topological polar surface area (TPSA) is 71.4 Å². The van der Waals surface area contributed by atoms with E-state index in [2.05, 4.69) is 5.32 Å². The molecule has 0 saturated carbocycles. The van der Waals surface area contributed by atoms with E-state index < -0.39 is 0 Å². The van der Waals surface area contributed by atoms with Gasteiger partial charge in [0, 0.05) is 29.0 Å². The molecule has 0 atom stereocenters. The van der Waals surface area contributed by atoms with E-state index in [4.69, 9.17) is 15.3 Å². The van der Waals surface area contributed by atoms with Crippen molar-refractivity contribution in [3.8, 4) is 11.1 Å². The standard InChI is InChI=1S/C12H14N2O2/c13-12-2-1-10(14-4-5-15)7-11(12)9-3-6-16-8-9/h1-3,6-8,14-15H,4-5,13H2. The van der Waals surface area contributed by atoms with Crippen LogP contribution < -0.4 is 11.1 Å². The Balaban J connectivity index is 2.30. The molecule has 4 N–H and O–H groups in total. The third kappa shape index (κ3) is 2.17. The van der Waals surface area contributed by atoms with Gasteiger partial charge in [-0.2, -0.15) is 0 Å². The van der Waals surface area contributed by atoms with E-state index in [9.17, 15) is 0 Å². The van der Waals surface area contributed by atoms with E-state index in [1.54, 1.807) is 12.5 Å². The number of aliphatic hydroxyl groups excluding tert-OH is 1. The first-order valence-electron chi connectivity index (χ1n) is 5.08. The number of aliphatic hydroxyl groups is 1. The van der Waals surface area contributed by atoms with Gasteiger partial charge in [0.25, 0.3) is 0 Å². The molecule has 1 heterocycles. The van der Waals surface area contributed by atoms with Gasteiger partial charge in [0.15, 0.2) is 0 Å². The second kappa shape index (κ2) is 4.72. The SMILES string of the molecule is Nc1ccc(NCCO)cc1-c1ccoc1. The number of benzene rings is 1. The fourth-order valence-corrected chi connectivity index (χ4v) is 1.53. The van der Waals surface area contributed by atoms with Crippen LogP contribution in [0, 0.1) is 0 Å². The molecule has 16 heavy (non-hydrogen) atoms. The summed E-state index contributed by atoms with van der Waals surface area (Å²) < 4.78 is 5.03. The summed E-state index contributed by atoms with van der Waals surface area (Å²) in [4.78, 5) is 0. The van der Waals surface area contributed by atoms with Crippen molar-refractivity contribution in [2.75, 3.05) is 24.2 Å². The maximum atomic E-state index is 8.73. The second-order valence-corrected chi connectivity index (χ2v) is 3.46. The average Bonchev–Trinajstić information content (AvgIpc) is 2.81. The molecule has 0 unspecified atom stereocenters. The molecule has 2 aromatic rings. The van der Waals surface area contributed by atoms with Gasteiger partial charge in [-0.15, -0.1) is 0 Å². The Kier molecular flexibility index (Phi) is 3.12. The minimum Gasteiger partial charge on any atom is -0.472 e. The molecular weight excluding hydrogens is 204 g/mol. The van der Waals surface area contributed by atoms with E-state index in [0.717, 1.165) is 16.8 Å². The van der Waals surface area contributed by atoms with E-state index in [1.807, 2.05) is 24.3 Å². The van der Waals surface area contributed by atoms with Gasteiger partial charge < -0.3 is 20.6 Å². The molecule has 0 amide bonds. The van der Waals surface area contributed by atoms with Crippen molar-refractivity contribution in [3.05, 3.63) is 36.8 Å². The van der Waals surface area contributed by atoms with E-state index in [1.165, 1.54) is 0 Å². The monoisotopic (exact) mass is 218 g/mol. The van der Waals surface area contributed by atoms with Crippen LogP contribution in [0.15, 0.2) is 41.2 Å². The Morgan fingerprint density at radius 1 is 1.31 bits per heavy atom. The van der Waals surface area contributed by atoms with Gasteiger partial charge in [-0.3, -0.25) is 0 Å². The molecular formula is C12H14N2O2. The molecule has 0 fully saturated rings. The van der Waals surface area contributed by atoms with Crippen LogP contribution in [0.5, 0.6) is 0 Å². The highest BCUT2D eigenvalue weighted by Gasteiger charge is 2.04. The number of nitrogen functional groups attached to an aromatic ring is 1. The van der Waals surface area contributed by atoms with Crippen LogP contribution in [0.2, 0.25) is 0 Å². The maximum absolute atomic E-state index is 8.73. The summed E-state index contributed by atoms with van der Waals surface area (Å²) in [5, 5.41) is 11.8. The molecule has 0 aliphatic carbocycles. The fraction of sp³-hybridized carbons (Fsp3) is 0.167. The third-order valence-electron chi connectivity index (χ3n) is 2.33. The normalized spacial score (nSPS) is 10.3. The number of nitrogens with one attached hydrogen (secondary N) is 1. The van der Waals surface area contributed by atoms with Gasteiger partial charge in [-0.1, -0.05) is 0 Å². The molecule has 1 aromatic carbocycles. The lowest BCUT2D eigenvalue weighted by Crippen LogP contribution is -2.05. The Labute approximate surface area is 93.7 Å². The van der Waals surface area contributed by atoms with Crippen LogP contribution in [-0.4, -0.2) is 18.3 Å². The van der Waals surface area contributed by atoms with Gasteiger partial charge in [-0.05, 0) is 24.3 Å². The molecule has 2 rings (SSSR count). The molecule has 4 nitrogen and oxygen atoms in total. The summed E-state index contributed by atoms with van der Waals surface area (Å²) in [5.41, 5.74) is 9.40. The van der Waals surface area contributed by atoms with Crippen molar-refractivity contribution in [1.82, 2.24) is 0 Å². The average molecular weight is 218 g/mol. The first-order valence-corrected chi connectivity index (χ1v) is 5.08. The lowest BCUT2D eigenvalue weighted by atomic mass is 10.1. The zero-order chi connectivity index (χ0) is 11.4. The highest BCUT2D eigenvalue weighted by molar-refractivity contribution is 5.79. The van der Waals surface area contributed by atoms with Crippen LogP contribution in [-0.2, 0) is 0 Å². The Hall–Kier alpha value is -1.94. The highest BCUT2D eigenvalue weighted by Crippen LogP contribution is 2.28. The predicted octanol–water partition coefficient (Wildman–Crippen LogP) is 1.93. The Morgan fingerprint density at radius 3 is 2.88 bits per heavy atom. The third-order valence-corrected chi connectivity index (χ3v) is 2.33. The van der Waals surface area contributed by atoms with Crippen molar-refractivity contribution in [3.63, 3.8) is 0 Å². The van der Waals surface area contributed by atoms with Crippen molar-refractivity contribution < 1.29 is 9.52 Å². The number of hydrogen-bond acceptors (Lipinski definition) is 4. The van der Waals surface area contributed by atoms with Crippen LogP contribution in [0.4, 0.5) is 11.4 Å². The lowest BCUT2D eigenvalue weighted by molar-refractivity contribution is 0.311. The Bertz CT molecular complexity index is 452. The van der Waals surface area contributed by atoms with Crippen LogP contribution in [0.25, 0.3) is 11.1 Å². The number of anilines is 2. The maximum Gasteiger partial charge on any atom is 0.0981 e. The van der Waals surface area contributed by atoms with Crippen molar-refractivity contribution in [2.45, 2.75) is 0 Å². The number of nitrogens with two attached hydrogens (primary N) is 1. The van der Waals surface area contributed by atoms with E-state index >= 15 is 0 Å². The van der Waals surface area contributed by atoms with Gasteiger partial charge in [-0.25, -0.2) is 0 Å². The van der Waals surface area contributed by atoms with Crippen molar-refractivity contribution in [1.29, 1.82) is 0 Å². The predicted molar refractivity (Wildman–Crippen MR) is 64.1 cm³/mol. The number of hydrogen-bond donors (Lipinski definition) is 3. The zero-order valence-electron chi connectivity index (χ0n) is 8.81. The summed E-state index contributed by atoms with van der Waals surface area (Å²) in [6.07, 6.45) is 3.27. The summed E-state index contributed by atoms with van der Waals surface area (Å²) in [5.74, 6) is 0. The first-order chi connectivity index (χ1) is 7.81. The molecule has 1 aromatic heterocycles. The minimum atomic E-state index is 0.103. The Morgan fingerprint density at radius 2 is 2.19 bits per heavy atom. The van der Waals surface area contributed by atoms with Gasteiger partial charge in [0.1, 0.15) is 0 Å². The first kappa shape index (κ1) is 10.6. The summed E-state index contributed by atoms with van der Waals surface area (Å²) >= 11 is 0. The smallest absolute Gasteiger partial charge is 0.0981 e. The zero-order valence-corrected chi connectivity index (χ0v) is 8.81. The van der Waals surface area contributed by atoms with Crippen LogP contribution in [0.3, 0.4) is 0 Å². The van der Waals surface area contributed by atoms with Crippen molar-refractivity contribution in [2.24, 2.45) is 0 Å². The molecule has 0 bridgehead atoms. The van der Waals surface area contributed by atoms with E-state index in [-0.39, 0.29) is 6.61 Å². The molecule has 0 spiro atoms. The molecule has 4 heteroatoms. The summed E-state index contributed by atoms with van der Waals surface area (Å²) in [6.45, 7) is 0.625. The molecule has 84 valence electrons. The highest BCUT2D eigenvalue weighted by atomic mass is 16.3. The van der Waals surface area contributed by atoms with Crippen molar-refractivity contribution >= 4 is 11.4 Å². The minimum absolute atomic E-state index is 0.103. The number of furan rings is 1. The van der Waals surface area contributed by atoms with Crippen LogP contribution in [0.1, 0.15) is 0 Å². The van der Waals surface area contributed by atoms with Gasteiger partial charge in [0.05, 0.1) is 19.1 Å². The van der Waals surface area contributed by atoms with E-state index in [0.29, 0.717) is 12.2 Å². The quantitative estimate of drug-likeness (QED) is 0.686. The number of rotatable bonds is 4. The molecule has 0 radical (unpaired) electrons. The summed E-state index contributed by atoms with van der Waals surface area (Å²) in [7, 11) is 0.